The van der Waals surface area contributed by atoms with Crippen molar-refractivity contribution < 1.29 is 9.59 Å². The van der Waals surface area contributed by atoms with Crippen molar-refractivity contribution in [3.8, 4) is 0 Å². The molecule has 0 aliphatic carbocycles. The highest BCUT2D eigenvalue weighted by molar-refractivity contribution is 5.93. The molecule has 0 radical (unpaired) electrons. The molecule has 0 spiro atoms. The molecular formula is C24H32N4O2. The van der Waals surface area contributed by atoms with E-state index in [4.69, 9.17) is 0 Å². The van der Waals surface area contributed by atoms with Crippen LogP contribution in [0.3, 0.4) is 0 Å². The van der Waals surface area contributed by atoms with Crippen LogP contribution < -0.4 is 10.6 Å². The summed E-state index contributed by atoms with van der Waals surface area (Å²) in [4.78, 5) is 29.0. The Kier molecular flexibility index (Phi) is 7.60. The maximum atomic E-state index is 12.5. The number of piperazine rings is 1. The predicted octanol–water partition coefficient (Wildman–Crippen LogP) is 2.48. The fraction of sp³-hybridized carbons (Fsp3) is 0.417. The van der Waals surface area contributed by atoms with Gasteiger partial charge in [-0.3, -0.25) is 19.4 Å². The van der Waals surface area contributed by atoms with Gasteiger partial charge in [0.25, 0.3) is 0 Å². The smallest absolute Gasteiger partial charge is 0.238 e. The number of hydrogen-bond acceptors (Lipinski definition) is 4. The number of amides is 2. The third kappa shape index (κ3) is 6.40. The molecule has 0 bridgehead atoms. The van der Waals surface area contributed by atoms with Gasteiger partial charge in [-0.1, -0.05) is 48.0 Å². The summed E-state index contributed by atoms with van der Waals surface area (Å²) in [5.41, 5.74) is 5.39. The Morgan fingerprint density at radius 3 is 1.93 bits per heavy atom. The Morgan fingerprint density at radius 2 is 1.37 bits per heavy atom. The molecule has 1 saturated heterocycles. The van der Waals surface area contributed by atoms with Crippen LogP contribution in [0.4, 0.5) is 5.69 Å². The molecule has 30 heavy (non-hydrogen) atoms. The van der Waals surface area contributed by atoms with Crippen LogP contribution in [0.1, 0.15) is 22.3 Å². The minimum Gasteiger partial charge on any atom is -0.351 e. The van der Waals surface area contributed by atoms with Gasteiger partial charge in [0.2, 0.25) is 11.8 Å². The molecule has 2 aromatic carbocycles. The molecule has 2 amide bonds. The van der Waals surface area contributed by atoms with E-state index in [-0.39, 0.29) is 11.8 Å². The van der Waals surface area contributed by atoms with Crippen LogP contribution in [0.25, 0.3) is 0 Å². The van der Waals surface area contributed by atoms with E-state index in [1.54, 1.807) is 0 Å². The molecule has 6 heteroatoms. The summed E-state index contributed by atoms with van der Waals surface area (Å²) in [5.74, 6) is 0.0504. The first kappa shape index (κ1) is 22.0. The van der Waals surface area contributed by atoms with Gasteiger partial charge < -0.3 is 10.6 Å². The van der Waals surface area contributed by atoms with Crippen molar-refractivity contribution in [2.45, 2.75) is 27.3 Å². The van der Waals surface area contributed by atoms with E-state index in [2.05, 4.69) is 39.5 Å². The molecule has 1 heterocycles. The largest absolute Gasteiger partial charge is 0.351 e. The van der Waals surface area contributed by atoms with Crippen LogP contribution >= 0.6 is 0 Å². The highest BCUT2D eigenvalue weighted by Crippen LogP contribution is 2.21. The normalized spacial score (nSPS) is 15.0. The third-order valence-corrected chi connectivity index (χ3v) is 5.47. The maximum absolute atomic E-state index is 12.5. The highest BCUT2D eigenvalue weighted by atomic mass is 16.2. The lowest BCUT2D eigenvalue weighted by Gasteiger charge is -2.33. The van der Waals surface area contributed by atoms with Crippen molar-refractivity contribution in [2.75, 3.05) is 44.6 Å². The van der Waals surface area contributed by atoms with Gasteiger partial charge in [-0.05, 0) is 37.5 Å². The number of hydrogen-bond donors (Lipinski definition) is 2. The summed E-state index contributed by atoms with van der Waals surface area (Å²) < 4.78 is 0. The van der Waals surface area contributed by atoms with Gasteiger partial charge in [0.05, 0.1) is 13.1 Å². The summed E-state index contributed by atoms with van der Waals surface area (Å²) in [6, 6.07) is 14.1. The lowest BCUT2D eigenvalue weighted by Crippen LogP contribution is -2.50. The van der Waals surface area contributed by atoms with Crippen molar-refractivity contribution >= 4 is 17.5 Å². The summed E-state index contributed by atoms with van der Waals surface area (Å²) >= 11 is 0. The molecule has 1 aliphatic rings. The van der Waals surface area contributed by atoms with Crippen molar-refractivity contribution in [3.05, 3.63) is 64.7 Å². The SMILES string of the molecule is Cc1cc(C)c(NC(=O)CN2CCN(CC(=O)NCc3ccccc3)CC2)c(C)c1. The standard InChI is InChI=1S/C24H32N4O2/c1-18-13-19(2)24(20(3)14-18)26-23(30)17-28-11-9-27(10-12-28)16-22(29)25-15-21-7-5-4-6-8-21/h4-8,13-14H,9-12,15-17H2,1-3H3,(H,25,29)(H,26,30). The zero-order valence-electron chi connectivity index (χ0n) is 18.2. The van der Waals surface area contributed by atoms with Crippen LogP contribution in [-0.4, -0.2) is 60.9 Å². The van der Waals surface area contributed by atoms with Crippen molar-refractivity contribution in [1.82, 2.24) is 15.1 Å². The van der Waals surface area contributed by atoms with E-state index in [1.165, 1.54) is 5.56 Å². The zero-order chi connectivity index (χ0) is 21.5. The molecule has 6 nitrogen and oxygen atoms in total. The molecule has 0 saturated carbocycles. The molecule has 0 unspecified atom stereocenters. The zero-order valence-corrected chi connectivity index (χ0v) is 18.2. The Labute approximate surface area is 179 Å². The number of rotatable bonds is 7. The molecule has 2 N–H and O–H groups in total. The van der Waals surface area contributed by atoms with Crippen molar-refractivity contribution in [2.24, 2.45) is 0 Å². The van der Waals surface area contributed by atoms with E-state index in [0.717, 1.165) is 48.6 Å². The topological polar surface area (TPSA) is 64.7 Å². The highest BCUT2D eigenvalue weighted by Gasteiger charge is 2.21. The van der Waals surface area contributed by atoms with Gasteiger partial charge in [-0.25, -0.2) is 0 Å². The first-order chi connectivity index (χ1) is 14.4. The number of carbonyl (C=O) groups excluding carboxylic acids is 2. The molecule has 0 atom stereocenters. The Morgan fingerprint density at radius 1 is 0.833 bits per heavy atom. The van der Waals surface area contributed by atoms with Gasteiger partial charge in [-0.15, -0.1) is 0 Å². The molecular weight excluding hydrogens is 376 g/mol. The molecule has 0 aromatic heterocycles. The number of benzene rings is 2. The van der Waals surface area contributed by atoms with Gasteiger partial charge >= 0.3 is 0 Å². The lowest BCUT2D eigenvalue weighted by atomic mass is 10.1. The van der Waals surface area contributed by atoms with Crippen LogP contribution in [0.15, 0.2) is 42.5 Å². The monoisotopic (exact) mass is 408 g/mol. The quantitative estimate of drug-likeness (QED) is 0.739. The Bertz CT molecular complexity index is 851. The summed E-state index contributed by atoms with van der Waals surface area (Å²) in [7, 11) is 0. The summed E-state index contributed by atoms with van der Waals surface area (Å²) in [6.45, 7) is 10.6. The molecule has 2 aromatic rings. The second-order valence-electron chi connectivity index (χ2n) is 8.14. The minimum absolute atomic E-state index is 0.0131. The number of anilines is 1. The van der Waals surface area contributed by atoms with Crippen molar-refractivity contribution in [1.29, 1.82) is 0 Å². The van der Waals surface area contributed by atoms with E-state index in [0.29, 0.717) is 19.6 Å². The first-order valence-electron chi connectivity index (χ1n) is 10.5. The number of nitrogens with zero attached hydrogens (tertiary/aromatic N) is 2. The fourth-order valence-corrected chi connectivity index (χ4v) is 3.92. The summed E-state index contributed by atoms with van der Waals surface area (Å²) in [5, 5.41) is 6.04. The molecule has 3 rings (SSSR count). The van der Waals surface area contributed by atoms with Crippen molar-refractivity contribution in [3.63, 3.8) is 0 Å². The van der Waals surface area contributed by atoms with Crippen LogP contribution in [0.2, 0.25) is 0 Å². The second-order valence-corrected chi connectivity index (χ2v) is 8.14. The number of nitrogens with one attached hydrogen (secondary N) is 2. The van der Waals surface area contributed by atoms with Gasteiger partial charge in [-0.2, -0.15) is 0 Å². The predicted molar refractivity (Wildman–Crippen MR) is 120 cm³/mol. The molecule has 160 valence electrons. The average molecular weight is 409 g/mol. The number of carbonyl (C=O) groups is 2. The fourth-order valence-electron chi connectivity index (χ4n) is 3.92. The van der Waals surface area contributed by atoms with Crippen LogP contribution in [-0.2, 0) is 16.1 Å². The Balaban J connectivity index is 1.39. The summed E-state index contributed by atoms with van der Waals surface area (Å²) in [6.07, 6.45) is 0. The molecule has 1 fully saturated rings. The second kappa shape index (κ2) is 10.4. The van der Waals surface area contributed by atoms with Gasteiger partial charge in [0.1, 0.15) is 0 Å². The molecule has 1 aliphatic heterocycles. The van der Waals surface area contributed by atoms with E-state index in [1.807, 2.05) is 44.2 Å². The van der Waals surface area contributed by atoms with Crippen LogP contribution in [0, 0.1) is 20.8 Å². The van der Waals surface area contributed by atoms with Crippen LogP contribution in [0.5, 0.6) is 0 Å². The van der Waals surface area contributed by atoms with Gasteiger partial charge in [0.15, 0.2) is 0 Å². The average Bonchev–Trinajstić information content (AvgIpc) is 2.71. The lowest BCUT2D eigenvalue weighted by molar-refractivity contribution is -0.123. The van der Waals surface area contributed by atoms with Gasteiger partial charge in [0, 0.05) is 38.4 Å². The van der Waals surface area contributed by atoms with E-state index < -0.39 is 0 Å². The minimum atomic E-state index is 0.0131. The number of aryl methyl sites for hydroxylation is 3. The van der Waals surface area contributed by atoms with E-state index in [9.17, 15) is 9.59 Å². The first-order valence-corrected chi connectivity index (χ1v) is 10.5. The Hall–Kier alpha value is -2.70. The van der Waals surface area contributed by atoms with E-state index >= 15 is 0 Å². The third-order valence-electron chi connectivity index (χ3n) is 5.47. The maximum Gasteiger partial charge on any atom is 0.238 e.